The van der Waals surface area contributed by atoms with Gasteiger partial charge in [-0.2, -0.15) is 15.9 Å². The van der Waals surface area contributed by atoms with Gasteiger partial charge in [0.15, 0.2) is 11.8 Å². The highest BCUT2D eigenvalue weighted by molar-refractivity contribution is 14.1. The van der Waals surface area contributed by atoms with Gasteiger partial charge in [-0.25, -0.2) is 0 Å². The lowest BCUT2D eigenvalue weighted by molar-refractivity contribution is -0.588. The molecule has 86 valence electrons. The Morgan fingerprint density at radius 3 is 2.88 bits per heavy atom. The summed E-state index contributed by atoms with van der Waals surface area (Å²) in [6, 6.07) is 8.00. The molecular formula is C13H11INOS+. The lowest BCUT2D eigenvalue weighted by Gasteiger charge is -2.11. The van der Waals surface area contributed by atoms with Crippen molar-refractivity contribution in [3.05, 3.63) is 56.1 Å². The fourth-order valence-electron chi connectivity index (χ4n) is 2.15. The van der Waals surface area contributed by atoms with E-state index in [1.165, 1.54) is 0 Å². The fourth-order valence-corrected chi connectivity index (χ4v) is 3.64. The molecule has 0 bridgehead atoms. The number of hydrogen-bond acceptors (Lipinski definition) is 2. The molecule has 3 rings (SSSR count). The van der Waals surface area contributed by atoms with Crippen LogP contribution in [-0.4, -0.2) is 5.11 Å². The summed E-state index contributed by atoms with van der Waals surface area (Å²) in [5.74, 6) is 0. The molecule has 0 fully saturated rings. The zero-order chi connectivity index (χ0) is 12.0. The van der Waals surface area contributed by atoms with Gasteiger partial charge in [0.25, 0.3) is 0 Å². The molecule has 0 aliphatic carbocycles. The van der Waals surface area contributed by atoms with Crippen LogP contribution in [0.25, 0.3) is 5.70 Å². The quantitative estimate of drug-likeness (QED) is 0.617. The number of aromatic nitrogens is 1. The van der Waals surface area contributed by atoms with E-state index >= 15 is 0 Å². The summed E-state index contributed by atoms with van der Waals surface area (Å²) >= 11 is 3.92. The summed E-state index contributed by atoms with van der Waals surface area (Å²) < 4.78 is 3.05. The molecule has 3 heterocycles. The molecule has 0 amide bonds. The number of pyridine rings is 1. The summed E-state index contributed by atoms with van der Waals surface area (Å²) in [7, 11) is 0. The first-order valence-electron chi connectivity index (χ1n) is 5.29. The zero-order valence-electron chi connectivity index (χ0n) is 9.22. The normalized spacial score (nSPS) is 23.0. The van der Waals surface area contributed by atoms with E-state index in [1.54, 1.807) is 11.3 Å². The molecule has 2 aromatic rings. The van der Waals surface area contributed by atoms with Crippen molar-refractivity contribution in [1.29, 1.82) is 0 Å². The molecule has 4 heteroatoms. The minimum absolute atomic E-state index is 0.890. The van der Waals surface area contributed by atoms with E-state index in [2.05, 4.69) is 44.0 Å². The number of aliphatic hydroxyl groups is 1. The molecule has 2 aromatic heterocycles. The molecule has 0 spiro atoms. The fraction of sp³-hybridized carbons (Fsp3) is 0.154. The third kappa shape index (κ3) is 1.58. The highest BCUT2D eigenvalue weighted by Crippen LogP contribution is 2.41. The first-order chi connectivity index (χ1) is 8.12. The van der Waals surface area contributed by atoms with E-state index < -0.39 is 5.60 Å². The van der Waals surface area contributed by atoms with E-state index in [0.29, 0.717) is 0 Å². The molecule has 0 saturated carbocycles. The van der Waals surface area contributed by atoms with E-state index in [1.807, 2.05) is 31.3 Å². The SMILES string of the molecule is CC1(O)C(I)=C(c2ccsc2)[n+]2ccccc21. The van der Waals surface area contributed by atoms with Crippen LogP contribution in [0.4, 0.5) is 0 Å². The number of halogens is 1. The van der Waals surface area contributed by atoms with Crippen molar-refractivity contribution in [2.75, 3.05) is 0 Å². The molecule has 0 radical (unpaired) electrons. The van der Waals surface area contributed by atoms with Crippen molar-refractivity contribution in [2.45, 2.75) is 12.5 Å². The van der Waals surface area contributed by atoms with Gasteiger partial charge in [0.2, 0.25) is 11.4 Å². The maximum atomic E-state index is 10.6. The van der Waals surface area contributed by atoms with Crippen molar-refractivity contribution < 1.29 is 9.67 Å². The Kier molecular flexibility index (Phi) is 2.61. The van der Waals surface area contributed by atoms with Gasteiger partial charge in [-0.05, 0) is 47.0 Å². The smallest absolute Gasteiger partial charge is 0.231 e. The Morgan fingerprint density at radius 2 is 2.18 bits per heavy atom. The largest absolute Gasteiger partial charge is 0.374 e. The second kappa shape index (κ2) is 3.90. The average molecular weight is 356 g/mol. The molecule has 2 nitrogen and oxygen atoms in total. The monoisotopic (exact) mass is 356 g/mol. The zero-order valence-corrected chi connectivity index (χ0v) is 12.2. The second-order valence-electron chi connectivity index (χ2n) is 4.20. The molecule has 1 N–H and O–H groups in total. The van der Waals surface area contributed by atoms with Crippen molar-refractivity contribution in [3.63, 3.8) is 0 Å². The third-order valence-electron chi connectivity index (χ3n) is 3.03. The molecule has 1 unspecified atom stereocenters. The standard InChI is InChI=1S/C13H11INOS/c1-13(16)10-4-2-3-6-15(10)11(12(13)14)9-5-7-17-8-9/h2-8,16H,1H3/q+1. The maximum absolute atomic E-state index is 10.6. The highest BCUT2D eigenvalue weighted by Gasteiger charge is 2.47. The topological polar surface area (TPSA) is 24.1 Å². The van der Waals surface area contributed by atoms with E-state index in [-0.39, 0.29) is 0 Å². The Balaban J connectivity index is 2.31. The minimum Gasteiger partial charge on any atom is -0.374 e. The number of rotatable bonds is 1. The lowest BCUT2D eigenvalue weighted by Crippen LogP contribution is -2.36. The van der Waals surface area contributed by atoms with Crippen LogP contribution in [-0.2, 0) is 5.60 Å². The minimum atomic E-state index is -0.890. The Labute approximate surface area is 117 Å². The van der Waals surface area contributed by atoms with Crippen molar-refractivity contribution >= 4 is 39.6 Å². The van der Waals surface area contributed by atoms with Crippen molar-refractivity contribution in [3.8, 4) is 0 Å². The molecular weight excluding hydrogens is 345 g/mol. The predicted octanol–water partition coefficient (Wildman–Crippen LogP) is 2.91. The summed E-state index contributed by atoms with van der Waals surface area (Å²) in [5.41, 5.74) is 2.28. The lowest BCUT2D eigenvalue weighted by atomic mass is 10.0. The summed E-state index contributed by atoms with van der Waals surface area (Å²) in [6.07, 6.45) is 2.00. The van der Waals surface area contributed by atoms with Gasteiger partial charge in [-0.3, -0.25) is 0 Å². The average Bonchev–Trinajstić information content (AvgIpc) is 2.88. The van der Waals surface area contributed by atoms with Crippen LogP contribution in [0.3, 0.4) is 0 Å². The van der Waals surface area contributed by atoms with Crippen LogP contribution in [0.15, 0.2) is 44.8 Å². The van der Waals surface area contributed by atoms with Crippen molar-refractivity contribution in [1.82, 2.24) is 0 Å². The van der Waals surface area contributed by atoms with Gasteiger partial charge in [-0.15, -0.1) is 0 Å². The second-order valence-corrected chi connectivity index (χ2v) is 6.06. The van der Waals surface area contributed by atoms with Crippen molar-refractivity contribution in [2.24, 2.45) is 0 Å². The summed E-state index contributed by atoms with van der Waals surface area (Å²) in [4.78, 5) is 0. The summed E-state index contributed by atoms with van der Waals surface area (Å²) in [6.45, 7) is 1.85. The Morgan fingerprint density at radius 1 is 1.35 bits per heavy atom. The Bertz CT molecular complexity index is 602. The van der Waals surface area contributed by atoms with E-state index in [9.17, 15) is 5.11 Å². The van der Waals surface area contributed by atoms with Crippen LogP contribution in [0.2, 0.25) is 0 Å². The highest BCUT2D eigenvalue weighted by atomic mass is 127. The molecule has 0 aromatic carbocycles. The van der Waals surface area contributed by atoms with Crippen LogP contribution < -0.4 is 4.57 Å². The van der Waals surface area contributed by atoms with Gasteiger partial charge in [0, 0.05) is 17.5 Å². The van der Waals surface area contributed by atoms with E-state index in [4.69, 9.17) is 0 Å². The van der Waals surface area contributed by atoms with Gasteiger partial charge in [0.1, 0.15) is 3.58 Å². The molecule has 1 aliphatic heterocycles. The molecule has 1 atom stereocenters. The number of fused-ring (bicyclic) bond motifs is 1. The third-order valence-corrected chi connectivity index (χ3v) is 5.27. The first kappa shape index (κ1) is 11.4. The van der Waals surface area contributed by atoms with Gasteiger partial charge in [0.05, 0.1) is 5.56 Å². The van der Waals surface area contributed by atoms with Crippen LogP contribution >= 0.6 is 33.9 Å². The van der Waals surface area contributed by atoms with Crippen LogP contribution in [0, 0.1) is 0 Å². The maximum Gasteiger partial charge on any atom is 0.231 e. The first-order valence-corrected chi connectivity index (χ1v) is 7.31. The number of nitrogens with zero attached hydrogens (tertiary/aromatic N) is 1. The van der Waals surface area contributed by atoms with E-state index in [0.717, 1.165) is 20.5 Å². The van der Waals surface area contributed by atoms with Crippen LogP contribution in [0.5, 0.6) is 0 Å². The van der Waals surface area contributed by atoms with Gasteiger partial charge in [-0.1, -0.05) is 0 Å². The summed E-state index contributed by atoms with van der Waals surface area (Å²) in [5, 5.41) is 14.8. The molecule has 0 saturated heterocycles. The molecule has 17 heavy (non-hydrogen) atoms. The predicted molar refractivity (Wildman–Crippen MR) is 76.9 cm³/mol. The van der Waals surface area contributed by atoms with Crippen LogP contribution in [0.1, 0.15) is 18.2 Å². The van der Waals surface area contributed by atoms with Gasteiger partial charge < -0.3 is 5.11 Å². The molecule has 1 aliphatic rings. The number of hydrogen-bond donors (Lipinski definition) is 1. The van der Waals surface area contributed by atoms with Gasteiger partial charge >= 0.3 is 0 Å². The number of thiophene rings is 1. The Hall–Kier alpha value is -0.720.